The second-order valence-electron chi connectivity index (χ2n) is 9.50. The summed E-state index contributed by atoms with van der Waals surface area (Å²) in [5, 5.41) is 10.3. The third-order valence-corrected chi connectivity index (χ3v) is 6.69. The normalized spacial score (nSPS) is 13.3. The van der Waals surface area contributed by atoms with Gasteiger partial charge in [-0.25, -0.2) is 0 Å². The summed E-state index contributed by atoms with van der Waals surface area (Å²) in [6.07, 6.45) is 6.04. The van der Waals surface area contributed by atoms with Crippen molar-refractivity contribution in [3.05, 3.63) is 114 Å². The molecule has 0 saturated heterocycles. The van der Waals surface area contributed by atoms with E-state index in [1.807, 2.05) is 30.3 Å². The molecule has 0 spiro atoms. The van der Waals surface area contributed by atoms with Crippen LogP contribution < -0.4 is 5.73 Å². The topological polar surface area (TPSA) is 75.3 Å². The van der Waals surface area contributed by atoms with E-state index in [1.165, 1.54) is 12.1 Å². The maximum atomic E-state index is 9.31. The summed E-state index contributed by atoms with van der Waals surface area (Å²) in [4.78, 5) is 11.1. The lowest BCUT2D eigenvalue weighted by Gasteiger charge is -2.34. The Morgan fingerprint density at radius 1 is 1.00 bits per heavy atom. The third-order valence-electron chi connectivity index (χ3n) is 6.69. The number of fused-ring (bicyclic) bond motifs is 1. The fourth-order valence-electron chi connectivity index (χ4n) is 4.73. The van der Waals surface area contributed by atoms with Crippen LogP contribution in [-0.4, -0.2) is 33.1 Å². The molecule has 5 rings (SSSR count). The number of hydrogen-bond donors (Lipinski definition) is 2. The molecule has 0 saturated carbocycles. The Morgan fingerprint density at radius 3 is 2.49 bits per heavy atom. The first-order chi connectivity index (χ1) is 17.9. The number of rotatable bonds is 6. The van der Waals surface area contributed by atoms with Crippen molar-refractivity contribution in [3.8, 4) is 5.75 Å². The van der Waals surface area contributed by atoms with Gasteiger partial charge in [0.15, 0.2) is 0 Å². The van der Waals surface area contributed by atoms with Crippen LogP contribution in [0.5, 0.6) is 5.75 Å². The van der Waals surface area contributed by atoms with Gasteiger partial charge in [-0.2, -0.15) is 0 Å². The number of anilines is 1. The molecule has 5 nitrogen and oxygen atoms in total. The lowest BCUT2D eigenvalue weighted by Crippen LogP contribution is -2.30. The molecule has 1 aliphatic heterocycles. The number of phenols is 1. The van der Waals surface area contributed by atoms with Crippen LogP contribution in [0.15, 0.2) is 96.7 Å². The molecule has 1 aliphatic rings. The van der Waals surface area contributed by atoms with Crippen molar-refractivity contribution in [2.45, 2.75) is 39.5 Å². The van der Waals surface area contributed by atoms with E-state index < -0.39 is 0 Å². The maximum absolute atomic E-state index is 9.31. The molecule has 0 radical (unpaired) electrons. The average molecular weight is 493 g/mol. The molecule has 0 bridgehead atoms. The first-order valence-corrected chi connectivity index (χ1v) is 12.9. The van der Waals surface area contributed by atoms with E-state index in [9.17, 15) is 5.11 Å². The number of benzene rings is 2. The number of nitrogens with two attached hydrogens (primary N) is 1. The molecule has 3 N–H and O–H groups in total. The molecule has 0 unspecified atom stereocenters. The highest BCUT2D eigenvalue weighted by Crippen LogP contribution is 2.29. The second-order valence-corrected chi connectivity index (χ2v) is 9.50. The van der Waals surface area contributed by atoms with E-state index in [2.05, 4.69) is 60.6 Å². The quantitative estimate of drug-likeness (QED) is 0.225. The first kappa shape index (κ1) is 26.0. The van der Waals surface area contributed by atoms with Crippen LogP contribution in [-0.2, 0) is 6.42 Å². The van der Waals surface area contributed by atoms with Crippen LogP contribution in [0.4, 0.5) is 5.69 Å². The van der Waals surface area contributed by atoms with Crippen LogP contribution in [0, 0.1) is 6.92 Å². The van der Waals surface area contributed by atoms with E-state index in [0.717, 1.165) is 60.4 Å². The summed E-state index contributed by atoms with van der Waals surface area (Å²) < 4.78 is 0. The summed E-state index contributed by atoms with van der Waals surface area (Å²) in [7, 11) is 0. The summed E-state index contributed by atoms with van der Waals surface area (Å²) in [5.74, 6) is 0.239. The van der Waals surface area contributed by atoms with Crippen molar-refractivity contribution in [1.29, 1.82) is 0 Å². The lowest BCUT2D eigenvalue weighted by atomic mass is 9.92. The molecule has 0 fully saturated rings. The van der Waals surface area contributed by atoms with Gasteiger partial charge in [0.2, 0.25) is 0 Å². The first-order valence-electron chi connectivity index (χ1n) is 12.9. The number of pyridine rings is 2. The number of nitrogen functional groups attached to an aromatic ring is 1. The molecule has 2 aromatic carbocycles. The van der Waals surface area contributed by atoms with Crippen molar-refractivity contribution in [1.82, 2.24) is 14.9 Å². The number of nitrogens with zero attached hydrogens (tertiary/aromatic N) is 3. The van der Waals surface area contributed by atoms with Gasteiger partial charge in [-0.1, -0.05) is 67.5 Å². The number of aryl methyl sites for hydroxylation is 1. The van der Waals surface area contributed by atoms with E-state index in [0.29, 0.717) is 5.52 Å². The minimum atomic E-state index is 0.239. The van der Waals surface area contributed by atoms with Gasteiger partial charge < -0.3 is 15.7 Å². The zero-order valence-corrected chi connectivity index (χ0v) is 21.8. The molecule has 0 atom stereocenters. The standard InChI is InChI=1S/C23H29N3.C9H7NO/c1-4-6-21-16-26(18(3)19-9-11-22(24)12-10-19)14-13-20(21)15-23-8-5-7-17(2)25-23;11-8-5-1-3-7-4-2-6-10-9(7)8/h5,7-12H,3-4,6,13-16,24H2,1-2H3;1-6,11H. The zero-order valence-electron chi connectivity index (χ0n) is 21.8. The molecular weight excluding hydrogens is 456 g/mol. The lowest BCUT2D eigenvalue weighted by molar-refractivity contribution is 0.400. The highest BCUT2D eigenvalue weighted by atomic mass is 16.3. The summed E-state index contributed by atoms with van der Waals surface area (Å²) in [5.41, 5.74) is 14.9. The zero-order chi connectivity index (χ0) is 26.2. The van der Waals surface area contributed by atoms with E-state index in [1.54, 1.807) is 29.5 Å². The van der Waals surface area contributed by atoms with Crippen molar-refractivity contribution < 1.29 is 5.11 Å². The monoisotopic (exact) mass is 492 g/mol. The third kappa shape index (κ3) is 6.76. The van der Waals surface area contributed by atoms with Crippen molar-refractivity contribution >= 4 is 22.3 Å². The number of para-hydroxylation sites is 1. The fraction of sp³-hybridized carbons (Fsp3) is 0.250. The maximum Gasteiger partial charge on any atom is 0.141 e. The Balaban J connectivity index is 0.000000241. The average Bonchev–Trinajstić information content (AvgIpc) is 2.91. The van der Waals surface area contributed by atoms with Gasteiger partial charge >= 0.3 is 0 Å². The minimum Gasteiger partial charge on any atom is -0.506 e. The van der Waals surface area contributed by atoms with Crippen LogP contribution in [0.1, 0.15) is 43.1 Å². The van der Waals surface area contributed by atoms with Gasteiger partial charge in [0.25, 0.3) is 0 Å². The summed E-state index contributed by atoms with van der Waals surface area (Å²) in [6, 6.07) is 23.5. The SMILES string of the molecule is C=C(c1ccc(N)cc1)N1CCC(Cc2cccc(C)n2)=C(CCC)C1.Oc1cccc2cccnc12. The van der Waals surface area contributed by atoms with Crippen LogP contribution in [0.25, 0.3) is 16.6 Å². The van der Waals surface area contributed by atoms with Gasteiger partial charge in [0.1, 0.15) is 11.3 Å². The largest absolute Gasteiger partial charge is 0.506 e. The Labute approximate surface area is 220 Å². The van der Waals surface area contributed by atoms with Gasteiger partial charge in [-0.05, 0) is 61.7 Å². The Hall–Kier alpha value is -4.12. The smallest absolute Gasteiger partial charge is 0.141 e. The highest BCUT2D eigenvalue weighted by molar-refractivity contribution is 5.83. The van der Waals surface area contributed by atoms with Crippen molar-refractivity contribution in [2.24, 2.45) is 0 Å². The fourth-order valence-corrected chi connectivity index (χ4v) is 4.73. The molecule has 0 amide bonds. The number of hydrogen-bond acceptors (Lipinski definition) is 5. The Bertz CT molecular complexity index is 1390. The number of aromatic nitrogens is 2. The number of aromatic hydroxyl groups is 1. The molecule has 0 aliphatic carbocycles. The Kier molecular flexibility index (Phi) is 8.57. The molecule has 2 aromatic heterocycles. The van der Waals surface area contributed by atoms with E-state index in [-0.39, 0.29) is 5.75 Å². The van der Waals surface area contributed by atoms with Gasteiger partial charge in [0, 0.05) is 53.9 Å². The molecule has 4 aromatic rings. The molecule has 5 heteroatoms. The van der Waals surface area contributed by atoms with E-state index >= 15 is 0 Å². The predicted octanol–water partition coefficient (Wildman–Crippen LogP) is 6.93. The molecular formula is C32H36N4O. The molecule has 190 valence electrons. The van der Waals surface area contributed by atoms with Crippen molar-refractivity contribution in [3.63, 3.8) is 0 Å². The van der Waals surface area contributed by atoms with Gasteiger partial charge in [-0.3, -0.25) is 9.97 Å². The second kappa shape index (κ2) is 12.2. The molecule has 3 heterocycles. The molecule has 37 heavy (non-hydrogen) atoms. The Morgan fingerprint density at radius 2 is 1.76 bits per heavy atom. The van der Waals surface area contributed by atoms with Crippen molar-refractivity contribution in [2.75, 3.05) is 18.8 Å². The van der Waals surface area contributed by atoms with Gasteiger partial charge in [-0.15, -0.1) is 0 Å². The van der Waals surface area contributed by atoms with Crippen LogP contribution in [0.2, 0.25) is 0 Å². The van der Waals surface area contributed by atoms with Crippen LogP contribution in [0.3, 0.4) is 0 Å². The summed E-state index contributed by atoms with van der Waals surface area (Å²) >= 11 is 0. The number of phenolic OH excluding ortho intramolecular Hbond substituents is 1. The van der Waals surface area contributed by atoms with Gasteiger partial charge in [0.05, 0.1) is 0 Å². The van der Waals surface area contributed by atoms with E-state index in [4.69, 9.17) is 10.7 Å². The van der Waals surface area contributed by atoms with Crippen LogP contribution >= 0.6 is 0 Å². The highest BCUT2D eigenvalue weighted by Gasteiger charge is 2.20. The predicted molar refractivity (Wildman–Crippen MR) is 154 cm³/mol. The minimum absolute atomic E-state index is 0.239. The summed E-state index contributed by atoms with van der Waals surface area (Å²) in [6.45, 7) is 10.6.